The van der Waals surface area contributed by atoms with Crippen LogP contribution < -0.4 is 0 Å². The summed E-state index contributed by atoms with van der Waals surface area (Å²) >= 11 is 0. The van der Waals surface area contributed by atoms with E-state index in [-0.39, 0.29) is 0 Å². The minimum Gasteiger partial charge on any atom is -0.481 e. The summed E-state index contributed by atoms with van der Waals surface area (Å²) in [5.41, 5.74) is 0. The Balaban J connectivity index is 2.39. The van der Waals surface area contributed by atoms with Crippen molar-refractivity contribution >= 4 is 5.97 Å². The van der Waals surface area contributed by atoms with Crippen molar-refractivity contribution in [2.45, 2.75) is 51.9 Å². The Labute approximate surface area is 80.3 Å². The Hall–Kier alpha value is -0.530. The fourth-order valence-electron chi connectivity index (χ4n) is 2.47. The third-order valence-electron chi connectivity index (χ3n) is 3.28. The van der Waals surface area contributed by atoms with E-state index in [2.05, 4.69) is 6.92 Å². The van der Waals surface area contributed by atoms with Crippen LogP contribution in [0.1, 0.15) is 51.9 Å². The van der Waals surface area contributed by atoms with E-state index in [0.29, 0.717) is 18.3 Å². The second kappa shape index (κ2) is 5.25. The lowest BCUT2D eigenvalue weighted by molar-refractivity contribution is -0.138. The van der Waals surface area contributed by atoms with Crippen molar-refractivity contribution in [1.82, 2.24) is 0 Å². The fraction of sp³-hybridized carbons (Fsp3) is 0.909. The number of carbonyl (C=O) groups is 1. The first-order chi connectivity index (χ1) is 6.24. The molecule has 1 saturated carbocycles. The van der Waals surface area contributed by atoms with Crippen LogP contribution in [0.15, 0.2) is 0 Å². The predicted molar refractivity (Wildman–Crippen MR) is 52.6 cm³/mol. The van der Waals surface area contributed by atoms with Crippen LogP contribution in [0.3, 0.4) is 0 Å². The van der Waals surface area contributed by atoms with Crippen LogP contribution in [0.4, 0.5) is 0 Å². The Morgan fingerprint density at radius 1 is 1.38 bits per heavy atom. The van der Waals surface area contributed by atoms with Crippen LogP contribution in [0.25, 0.3) is 0 Å². The monoisotopic (exact) mass is 184 g/mol. The van der Waals surface area contributed by atoms with Gasteiger partial charge in [0.05, 0.1) is 0 Å². The van der Waals surface area contributed by atoms with Gasteiger partial charge in [0.15, 0.2) is 0 Å². The number of hydrogen-bond donors (Lipinski definition) is 1. The van der Waals surface area contributed by atoms with Crippen LogP contribution in [0.2, 0.25) is 0 Å². The van der Waals surface area contributed by atoms with Crippen molar-refractivity contribution in [2.24, 2.45) is 11.8 Å². The van der Waals surface area contributed by atoms with E-state index in [0.717, 1.165) is 6.42 Å². The van der Waals surface area contributed by atoms with E-state index in [1.165, 1.54) is 32.1 Å². The van der Waals surface area contributed by atoms with Crippen LogP contribution >= 0.6 is 0 Å². The number of carboxylic acid groups (broad SMARTS) is 1. The molecule has 0 aromatic heterocycles. The van der Waals surface area contributed by atoms with Gasteiger partial charge in [-0.1, -0.05) is 45.4 Å². The van der Waals surface area contributed by atoms with Gasteiger partial charge in [0, 0.05) is 6.42 Å². The molecule has 1 N–H and O–H groups in total. The summed E-state index contributed by atoms with van der Waals surface area (Å²) in [6, 6.07) is 0. The summed E-state index contributed by atoms with van der Waals surface area (Å²) in [6.07, 6.45) is 7.87. The van der Waals surface area contributed by atoms with E-state index in [1.807, 2.05) is 0 Å². The molecule has 0 aromatic carbocycles. The van der Waals surface area contributed by atoms with Crippen molar-refractivity contribution < 1.29 is 9.90 Å². The number of rotatable bonds is 4. The van der Waals surface area contributed by atoms with Gasteiger partial charge in [0.2, 0.25) is 0 Å². The predicted octanol–water partition coefficient (Wildman–Crippen LogP) is 3.07. The van der Waals surface area contributed by atoms with Gasteiger partial charge in [-0.3, -0.25) is 4.79 Å². The molecular formula is C11H20O2. The molecule has 13 heavy (non-hydrogen) atoms. The summed E-state index contributed by atoms with van der Waals surface area (Å²) < 4.78 is 0. The van der Waals surface area contributed by atoms with Crippen LogP contribution in [-0.4, -0.2) is 11.1 Å². The van der Waals surface area contributed by atoms with Crippen LogP contribution in [-0.2, 0) is 4.79 Å². The quantitative estimate of drug-likeness (QED) is 0.729. The first-order valence-corrected chi connectivity index (χ1v) is 5.45. The highest BCUT2D eigenvalue weighted by Gasteiger charge is 2.23. The van der Waals surface area contributed by atoms with Crippen molar-refractivity contribution in [3.8, 4) is 0 Å². The molecule has 1 fully saturated rings. The SMILES string of the molecule is CC[C@H](CC(=O)O)C1CCCCC1. The number of carboxylic acids is 1. The molecule has 0 radical (unpaired) electrons. The van der Waals surface area contributed by atoms with Crippen molar-refractivity contribution in [3.05, 3.63) is 0 Å². The largest absolute Gasteiger partial charge is 0.481 e. The molecule has 0 heterocycles. The number of hydrogen-bond acceptors (Lipinski definition) is 1. The Kier molecular flexibility index (Phi) is 4.26. The van der Waals surface area contributed by atoms with E-state index < -0.39 is 5.97 Å². The van der Waals surface area contributed by atoms with Crippen molar-refractivity contribution in [2.75, 3.05) is 0 Å². The molecule has 2 heteroatoms. The fourth-order valence-corrected chi connectivity index (χ4v) is 2.47. The van der Waals surface area contributed by atoms with Crippen molar-refractivity contribution in [3.63, 3.8) is 0 Å². The zero-order valence-corrected chi connectivity index (χ0v) is 8.46. The second-order valence-corrected chi connectivity index (χ2v) is 4.16. The molecule has 1 aliphatic carbocycles. The number of aliphatic carboxylic acids is 1. The molecule has 76 valence electrons. The molecule has 0 saturated heterocycles. The van der Waals surface area contributed by atoms with Gasteiger partial charge in [-0.05, 0) is 11.8 Å². The third-order valence-corrected chi connectivity index (χ3v) is 3.28. The minimum atomic E-state index is -0.627. The first-order valence-electron chi connectivity index (χ1n) is 5.45. The molecule has 1 rings (SSSR count). The summed E-state index contributed by atoms with van der Waals surface area (Å²) in [6.45, 7) is 2.11. The zero-order chi connectivity index (χ0) is 9.68. The maximum absolute atomic E-state index is 10.6. The molecule has 0 bridgehead atoms. The van der Waals surface area contributed by atoms with Gasteiger partial charge in [0.1, 0.15) is 0 Å². The lowest BCUT2D eigenvalue weighted by Crippen LogP contribution is -2.20. The summed E-state index contributed by atoms with van der Waals surface area (Å²) in [4.78, 5) is 10.6. The van der Waals surface area contributed by atoms with Gasteiger partial charge < -0.3 is 5.11 Å². The van der Waals surface area contributed by atoms with Crippen molar-refractivity contribution in [1.29, 1.82) is 0 Å². The standard InChI is InChI=1S/C11H20O2/c1-2-9(8-11(12)13)10-6-4-3-5-7-10/h9-10H,2-8H2,1H3,(H,12,13)/t9-/m1/s1. The average Bonchev–Trinajstić information content (AvgIpc) is 2.15. The molecule has 0 unspecified atom stereocenters. The summed E-state index contributed by atoms with van der Waals surface area (Å²) in [7, 11) is 0. The minimum absolute atomic E-state index is 0.376. The highest BCUT2D eigenvalue weighted by molar-refractivity contribution is 5.67. The Morgan fingerprint density at radius 2 is 2.00 bits per heavy atom. The van der Waals surface area contributed by atoms with Gasteiger partial charge in [-0.15, -0.1) is 0 Å². The second-order valence-electron chi connectivity index (χ2n) is 4.16. The van der Waals surface area contributed by atoms with Crippen LogP contribution in [0.5, 0.6) is 0 Å². The molecule has 0 aromatic rings. The van der Waals surface area contributed by atoms with Crippen LogP contribution in [0, 0.1) is 11.8 Å². The molecule has 0 amide bonds. The molecule has 2 nitrogen and oxygen atoms in total. The van der Waals surface area contributed by atoms with E-state index in [9.17, 15) is 4.79 Å². The van der Waals surface area contributed by atoms with E-state index in [1.54, 1.807) is 0 Å². The van der Waals surface area contributed by atoms with Gasteiger partial charge in [-0.2, -0.15) is 0 Å². The Morgan fingerprint density at radius 3 is 2.46 bits per heavy atom. The maximum atomic E-state index is 10.6. The summed E-state index contributed by atoms with van der Waals surface area (Å²) in [5.74, 6) is 0.491. The highest BCUT2D eigenvalue weighted by atomic mass is 16.4. The molecule has 1 atom stereocenters. The first kappa shape index (κ1) is 10.6. The molecule has 1 aliphatic rings. The molecule has 0 aliphatic heterocycles. The topological polar surface area (TPSA) is 37.3 Å². The molecule has 0 spiro atoms. The zero-order valence-electron chi connectivity index (χ0n) is 8.46. The smallest absolute Gasteiger partial charge is 0.303 e. The van der Waals surface area contributed by atoms with E-state index in [4.69, 9.17) is 5.11 Å². The lowest BCUT2D eigenvalue weighted by Gasteiger charge is -2.28. The molecular weight excluding hydrogens is 164 g/mol. The van der Waals surface area contributed by atoms with Gasteiger partial charge >= 0.3 is 5.97 Å². The normalized spacial score (nSPS) is 21.3. The Bertz CT molecular complexity index is 159. The third kappa shape index (κ3) is 3.37. The average molecular weight is 184 g/mol. The maximum Gasteiger partial charge on any atom is 0.303 e. The van der Waals surface area contributed by atoms with Gasteiger partial charge in [0.25, 0.3) is 0 Å². The highest BCUT2D eigenvalue weighted by Crippen LogP contribution is 2.33. The van der Waals surface area contributed by atoms with Gasteiger partial charge in [-0.25, -0.2) is 0 Å². The lowest BCUT2D eigenvalue weighted by atomic mass is 9.77. The summed E-state index contributed by atoms with van der Waals surface area (Å²) in [5, 5.41) is 8.75. The van der Waals surface area contributed by atoms with E-state index >= 15 is 0 Å².